The van der Waals surface area contributed by atoms with Crippen molar-refractivity contribution in [2.45, 2.75) is 53.9 Å². The van der Waals surface area contributed by atoms with Crippen molar-refractivity contribution in [3.63, 3.8) is 0 Å². The van der Waals surface area contributed by atoms with Gasteiger partial charge in [0.15, 0.2) is 0 Å². The van der Waals surface area contributed by atoms with Crippen LogP contribution in [0.15, 0.2) is 0 Å². The van der Waals surface area contributed by atoms with Crippen molar-refractivity contribution in [3.8, 4) is 0 Å². The molecule has 102 valence electrons. The predicted molar refractivity (Wildman–Crippen MR) is 67.8 cm³/mol. The summed E-state index contributed by atoms with van der Waals surface area (Å²) in [6.07, 6.45) is 2.15. The number of esters is 1. The van der Waals surface area contributed by atoms with Gasteiger partial charge in [-0.3, -0.25) is 9.59 Å². The van der Waals surface area contributed by atoms with Gasteiger partial charge in [0.1, 0.15) is 0 Å². The maximum atomic E-state index is 10.1. The van der Waals surface area contributed by atoms with Gasteiger partial charge in [0.2, 0.25) is 0 Å². The minimum Gasteiger partial charge on any atom is -0.481 e. The van der Waals surface area contributed by atoms with Gasteiger partial charge >= 0.3 is 11.9 Å². The molecule has 0 atom stereocenters. The molecule has 0 rings (SSSR count). The average Bonchev–Trinajstić information content (AvgIpc) is 2.14. The highest BCUT2D eigenvalue weighted by Gasteiger charge is 1.97. The molecule has 0 unspecified atom stereocenters. The molecule has 0 bridgehead atoms. The Morgan fingerprint density at radius 2 is 1.65 bits per heavy atom. The summed E-state index contributed by atoms with van der Waals surface area (Å²) in [7, 11) is 0. The standard InChI is InChI=1S/C7H14O2.C6H12O2/c1-6(2)4-3-5-7(8)9;1-5(2)4-8-6(3)7/h6H,3-5H2,1-2H3,(H,8,9);5H,4H2,1-3H3. The number of rotatable bonds is 6. The molecule has 0 aliphatic heterocycles. The Bertz CT molecular complexity index is 209. The molecule has 0 saturated heterocycles. The van der Waals surface area contributed by atoms with Gasteiger partial charge in [-0.15, -0.1) is 0 Å². The number of carbonyl (C=O) groups excluding carboxylic acids is 1. The summed E-state index contributed by atoms with van der Waals surface area (Å²) in [5, 5.41) is 8.23. The smallest absolute Gasteiger partial charge is 0.303 e. The molecule has 0 amide bonds. The van der Waals surface area contributed by atoms with Crippen LogP contribution in [-0.2, 0) is 14.3 Å². The van der Waals surface area contributed by atoms with Crippen LogP contribution in [0.4, 0.5) is 0 Å². The summed E-state index contributed by atoms with van der Waals surface area (Å²) in [6, 6.07) is 0. The van der Waals surface area contributed by atoms with Crippen LogP contribution in [0.1, 0.15) is 53.9 Å². The van der Waals surface area contributed by atoms with Crippen molar-refractivity contribution in [2.75, 3.05) is 6.61 Å². The minimum atomic E-state index is -0.685. The van der Waals surface area contributed by atoms with Crippen LogP contribution in [0.2, 0.25) is 0 Å². The Kier molecular flexibility index (Phi) is 12.3. The van der Waals surface area contributed by atoms with E-state index in [0.29, 0.717) is 24.9 Å². The van der Waals surface area contributed by atoms with Crippen LogP contribution in [0.25, 0.3) is 0 Å². The fraction of sp³-hybridized carbons (Fsp3) is 0.846. The van der Waals surface area contributed by atoms with Gasteiger partial charge in [-0.1, -0.05) is 34.1 Å². The van der Waals surface area contributed by atoms with Crippen molar-refractivity contribution >= 4 is 11.9 Å². The Balaban J connectivity index is 0. The van der Waals surface area contributed by atoms with Crippen LogP contribution in [-0.4, -0.2) is 23.7 Å². The summed E-state index contributed by atoms with van der Waals surface area (Å²) >= 11 is 0. The van der Waals surface area contributed by atoms with E-state index in [2.05, 4.69) is 18.6 Å². The summed E-state index contributed by atoms with van der Waals surface area (Å²) in [4.78, 5) is 20.1. The zero-order valence-electron chi connectivity index (χ0n) is 11.7. The second-order valence-electron chi connectivity index (χ2n) is 4.88. The third-order valence-corrected chi connectivity index (χ3v) is 1.79. The summed E-state index contributed by atoms with van der Waals surface area (Å²) in [5.74, 6) is 0.192. The van der Waals surface area contributed by atoms with E-state index in [0.717, 1.165) is 12.8 Å². The van der Waals surface area contributed by atoms with Crippen LogP contribution >= 0.6 is 0 Å². The lowest BCUT2D eigenvalue weighted by atomic mass is 10.1. The molecule has 17 heavy (non-hydrogen) atoms. The van der Waals surface area contributed by atoms with Gasteiger partial charge < -0.3 is 9.84 Å². The molecule has 0 heterocycles. The number of carboxylic acids is 1. The lowest BCUT2D eigenvalue weighted by Gasteiger charge is -2.02. The third kappa shape index (κ3) is 25.3. The molecule has 0 aromatic rings. The molecule has 4 heteroatoms. The molecule has 4 nitrogen and oxygen atoms in total. The summed E-state index contributed by atoms with van der Waals surface area (Å²) < 4.78 is 4.66. The van der Waals surface area contributed by atoms with E-state index >= 15 is 0 Å². The molecular formula is C13H26O4. The average molecular weight is 246 g/mol. The predicted octanol–water partition coefficient (Wildman–Crippen LogP) is 3.10. The molecule has 0 fully saturated rings. The highest BCUT2D eigenvalue weighted by Crippen LogP contribution is 2.05. The number of ether oxygens (including phenoxy) is 1. The first-order chi connectivity index (χ1) is 7.75. The molecule has 0 aromatic carbocycles. The van der Waals surface area contributed by atoms with E-state index in [4.69, 9.17) is 5.11 Å². The van der Waals surface area contributed by atoms with Gasteiger partial charge in [0.05, 0.1) is 6.61 Å². The monoisotopic (exact) mass is 246 g/mol. The van der Waals surface area contributed by atoms with E-state index < -0.39 is 5.97 Å². The van der Waals surface area contributed by atoms with Crippen molar-refractivity contribution < 1.29 is 19.4 Å². The van der Waals surface area contributed by atoms with Gasteiger partial charge in [-0.25, -0.2) is 0 Å². The Morgan fingerprint density at radius 3 is 1.88 bits per heavy atom. The van der Waals surface area contributed by atoms with E-state index in [-0.39, 0.29) is 5.97 Å². The van der Waals surface area contributed by atoms with Gasteiger partial charge in [-0.2, -0.15) is 0 Å². The number of hydrogen-bond acceptors (Lipinski definition) is 3. The first-order valence-corrected chi connectivity index (χ1v) is 6.10. The number of hydrogen-bond donors (Lipinski definition) is 1. The molecule has 0 saturated carbocycles. The van der Waals surface area contributed by atoms with Crippen molar-refractivity contribution in [3.05, 3.63) is 0 Å². The molecule has 0 aromatic heterocycles. The maximum Gasteiger partial charge on any atom is 0.303 e. The highest BCUT2D eigenvalue weighted by molar-refractivity contribution is 5.66. The fourth-order valence-electron chi connectivity index (χ4n) is 0.946. The van der Waals surface area contributed by atoms with Crippen LogP contribution in [0, 0.1) is 11.8 Å². The summed E-state index contributed by atoms with van der Waals surface area (Å²) in [5.41, 5.74) is 0. The van der Waals surface area contributed by atoms with Gasteiger partial charge in [0.25, 0.3) is 0 Å². The first-order valence-electron chi connectivity index (χ1n) is 6.10. The van der Waals surface area contributed by atoms with Crippen molar-refractivity contribution in [1.82, 2.24) is 0 Å². The van der Waals surface area contributed by atoms with Crippen LogP contribution < -0.4 is 0 Å². The van der Waals surface area contributed by atoms with Gasteiger partial charge in [0, 0.05) is 13.3 Å². The van der Waals surface area contributed by atoms with Crippen LogP contribution in [0.3, 0.4) is 0 Å². The van der Waals surface area contributed by atoms with Crippen molar-refractivity contribution in [2.24, 2.45) is 11.8 Å². The topological polar surface area (TPSA) is 63.6 Å². The third-order valence-electron chi connectivity index (χ3n) is 1.79. The summed E-state index contributed by atoms with van der Waals surface area (Å²) in [6.45, 7) is 10.2. The second kappa shape index (κ2) is 11.4. The van der Waals surface area contributed by atoms with E-state index in [9.17, 15) is 9.59 Å². The number of aliphatic carboxylic acids is 1. The first kappa shape index (κ1) is 18.3. The Hall–Kier alpha value is -1.06. The molecule has 1 N–H and O–H groups in total. The zero-order valence-corrected chi connectivity index (χ0v) is 11.7. The largest absolute Gasteiger partial charge is 0.481 e. The normalized spacial score (nSPS) is 9.82. The lowest BCUT2D eigenvalue weighted by Crippen LogP contribution is -2.05. The van der Waals surface area contributed by atoms with E-state index in [1.54, 1.807) is 0 Å². The number of carbonyl (C=O) groups is 2. The van der Waals surface area contributed by atoms with E-state index in [1.807, 2.05) is 13.8 Å². The Morgan fingerprint density at radius 1 is 1.12 bits per heavy atom. The molecule has 0 spiro atoms. The Labute approximate surface area is 104 Å². The fourth-order valence-corrected chi connectivity index (χ4v) is 0.946. The minimum absolute atomic E-state index is 0.196. The van der Waals surface area contributed by atoms with E-state index in [1.165, 1.54) is 6.92 Å². The molecule has 0 radical (unpaired) electrons. The van der Waals surface area contributed by atoms with Gasteiger partial charge in [-0.05, 0) is 18.3 Å². The zero-order chi connectivity index (χ0) is 13.8. The second-order valence-corrected chi connectivity index (χ2v) is 4.88. The quantitative estimate of drug-likeness (QED) is 0.731. The number of carboxylic acid groups (broad SMARTS) is 1. The van der Waals surface area contributed by atoms with Crippen molar-refractivity contribution in [1.29, 1.82) is 0 Å². The maximum absolute atomic E-state index is 10.1. The molecule has 0 aliphatic carbocycles. The highest BCUT2D eigenvalue weighted by atomic mass is 16.5. The molecular weight excluding hydrogens is 220 g/mol. The SMILES string of the molecule is CC(=O)OCC(C)C.CC(C)CCCC(=O)O. The van der Waals surface area contributed by atoms with Crippen LogP contribution in [0.5, 0.6) is 0 Å². The molecule has 0 aliphatic rings. The lowest BCUT2D eigenvalue weighted by molar-refractivity contribution is -0.142.